The van der Waals surface area contributed by atoms with Crippen LogP contribution in [0.2, 0.25) is 0 Å². The number of aromatic nitrogens is 4. The molecule has 4 rings (SSSR count). The van der Waals surface area contributed by atoms with Crippen molar-refractivity contribution in [3.05, 3.63) is 41.9 Å². The van der Waals surface area contributed by atoms with Crippen LogP contribution in [0.15, 0.2) is 35.6 Å². The monoisotopic (exact) mass is 340 g/mol. The molecule has 1 aliphatic rings. The number of carbonyl (C=O) groups is 1. The molecule has 1 N–H and O–H groups in total. The molecule has 1 atom stereocenters. The molecule has 0 bridgehead atoms. The highest BCUT2D eigenvalue weighted by atomic mass is 32.2. The largest absolute Gasteiger partial charge is 0.360 e. The van der Waals surface area contributed by atoms with Crippen molar-refractivity contribution in [3.63, 3.8) is 0 Å². The fourth-order valence-electron chi connectivity index (χ4n) is 3.03. The van der Waals surface area contributed by atoms with Crippen LogP contribution in [0.25, 0.3) is 10.9 Å². The molecule has 124 valence electrons. The number of nitrogens with one attached hydrogen (secondary N) is 1. The number of nitrogens with zero attached hydrogens (tertiary/aromatic N) is 3. The third-order valence-electron chi connectivity index (χ3n) is 4.51. The third-order valence-corrected chi connectivity index (χ3v) is 5.59. The first-order chi connectivity index (χ1) is 11.7. The number of hydrogen-bond donors (Lipinski definition) is 1. The fraction of sp³-hybridized carbons (Fsp3) is 0.389. The normalized spacial score (nSPS) is 15.8. The van der Waals surface area contributed by atoms with Gasteiger partial charge in [0.05, 0.1) is 5.25 Å². The first kappa shape index (κ1) is 15.4. The van der Waals surface area contributed by atoms with E-state index < -0.39 is 0 Å². The van der Waals surface area contributed by atoms with Crippen molar-refractivity contribution in [3.8, 4) is 0 Å². The van der Waals surface area contributed by atoms with E-state index in [0.29, 0.717) is 5.92 Å². The number of hydrogen-bond acceptors (Lipinski definition) is 4. The Bertz CT molecular complexity index is 893. The zero-order valence-electron chi connectivity index (χ0n) is 13.8. The predicted octanol–water partition coefficient (Wildman–Crippen LogP) is 4.02. The first-order valence-corrected chi connectivity index (χ1v) is 9.27. The molecule has 0 aliphatic heterocycles. The second kappa shape index (κ2) is 6.09. The summed E-state index contributed by atoms with van der Waals surface area (Å²) in [5.74, 6) is 1.76. The average molecular weight is 340 g/mol. The number of H-pyrrole nitrogens is 1. The minimum absolute atomic E-state index is 0.121. The maximum absolute atomic E-state index is 12.9. The summed E-state index contributed by atoms with van der Waals surface area (Å²) in [5.41, 5.74) is 1.74. The number of ketones is 1. The van der Waals surface area contributed by atoms with Crippen molar-refractivity contribution < 1.29 is 4.79 Å². The molecular weight excluding hydrogens is 320 g/mol. The second-order valence-corrected chi connectivity index (χ2v) is 7.54. The van der Waals surface area contributed by atoms with Gasteiger partial charge in [0.2, 0.25) is 0 Å². The molecule has 1 saturated carbocycles. The molecule has 1 aromatic carbocycles. The number of thioether (sulfide) groups is 1. The van der Waals surface area contributed by atoms with E-state index in [4.69, 9.17) is 0 Å². The van der Waals surface area contributed by atoms with E-state index in [1.807, 2.05) is 37.4 Å². The van der Waals surface area contributed by atoms with Crippen LogP contribution in [-0.2, 0) is 6.54 Å². The van der Waals surface area contributed by atoms with Crippen molar-refractivity contribution in [2.45, 2.75) is 49.6 Å². The van der Waals surface area contributed by atoms with Gasteiger partial charge in [-0.25, -0.2) is 0 Å². The number of rotatable bonds is 6. The summed E-state index contributed by atoms with van der Waals surface area (Å²) in [5, 5.41) is 10.3. The summed E-state index contributed by atoms with van der Waals surface area (Å²) in [6.07, 6.45) is 4.21. The maximum atomic E-state index is 12.9. The van der Waals surface area contributed by atoms with Crippen LogP contribution < -0.4 is 0 Å². The Labute approximate surface area is 144 Å². The van der Waals surface area contributed by atoms with Gasteiger partial charge < -0.3 is 9.55 Å². The van der Waals surface area contributed by atoms with Crippen molar-refractivity contribution in [2.24, 2.45) is 0 Å². The maximum Gasteiger partial charge on any atom is 0.191 e. The van der Waals surface area contributed by atoms with E-state index in [1.54, 1.807) is 0 Å². The first-order valence-electron chi connectivity index (χ1n) is 8.39. The summed E-state index contributed by atoms with van der Waals surface area (Å²) < 4.78 is 2.15. The van der Waals surface area contributed by atoms with E-state index in [0.717, 1.165) is 34.0 Å². The molecule has 0 amide bonds. The lowest BCUT2D eigenvalue weighted by atomic mass is 10.1. The number of benzene rings is 1. The molecular formula is C18H20N4OS. The summed E-state index contributed by atoms with van der Waals surface area (Å²) in [7, 11) is 0. The van der Waals surface area contributed by atoms with E-state index >= 15 is 0 Å². The lowest BCUT2D eigenvalue weighted by Crippen LogP contribution is -2.14. The molecule has 3 aromatic rings. The minimum Gasteiger partial charge on any atom is -0.360 e. The van der Waals surface area contributed by atoms with Gasteiger partial charge >= 0.3 is 0 Å². The Hall–Kier alpha value is -2.08. The number of aromatic amines is 1. The van der Waals surface area contributed by atoms with Gasteiger partial charge in [0.1, 0.15) is 5.82 Å². The lowest BCUT2D eigenvalue weighted by molar-refractivity contribution is 0.0995. The van der Waals surface area contributed by atoms with Crippen LogP contribution in [0.4, 0.5) is 0 Å². The van der Waals surface area contributed by atoms with Crippen LogP contribution in [0.3, 0.4) is 0 Å². The van der Waals surface area contributed by atoms with Crippen LogP contribution in [0.5, 0.6) is 0 Å². The molecule has 0 unspecified atom stereocenters. The zero-order chi connectivity index (χ0) is 16.7. The van der Waals surface area contributed by atoms with Gasteiger partial charge in [-0.2, -0.15) is 0 Å². The molecule has 0 radical (unpaired) electrons. The molecule has 2 heterocycles. The Morgan fingerprint density at radius 3 is 2.92 bits per heavy atom. The molecule has 6 heteroatoms. The van der Waals surface area contributed by atoms with Gasteiger partial charge in [-0.05, 0) is 32.8 Å². The summed E-state index contributed by atoms with van der Waals surface area (Å²) >= 11 is 1.50. The molecule has 0 saturated heterocycles. The van der Waals surface area contributed by atoms with E-state index in [9.17, 15) is 4.79 Å². The minimum atomic E-state index is -0.203. The van der Waals surface area contributed by atoms with Gasteiger partial charge in [0.15, 0.2) is 10.9 Å². The van der Waals surface area contributed by atoms with Crippen LogP contribution >= 0.6 is 11.8 Å². The Balaban J connectivity index is 1.58. The smallest absolute Gasteiger partial charge is 0.191 e. The lowest BCUT2D eigenvalue weighted by Gasteiger charge is -2.11. The molecule has 24 heavy (non-hydrogen) atoms. The van der Waals surface area contributed by atoms with E-state index in [-0.39, 0.29) is 11.0 Å². The highest BCUT2D eigenvalue weighted by Gasteiger charge is 2.31. The fourth-order valence-corrected chi connectivity index (χ4v) is 4.02. The molecule has 0 spiro atoms. The second-order valence-electron chi connectivity index (χ2n) is 6.23. The molecule has 5 nitrogen and oxygen atoms in total. The van der Waals surface area contributed by atoms with E-state index in [2.05, 4.69) is 26.7 Å². The van der Waals surface area contributed by atoms with Gasteiger partial charge in [-0.1, -0.05) is 30.0 Å². The topological polar surface area (TPSA) is 63.6 Å². The van der Waals surface area contributed by atoms with Gasteiger partial charge in [-0.3, -0.25) is 4.79 Å². The van der Waals surface area contributed by atoms with E-state index in [1.165, 1.54) is 24.6 Å². The van der Waals surface area contributed by atoms with Gasteiger partial charge in [0, 0.05) is 35.1 Å². The Morgan fingerprint density at radius 1 is 1.38 bits per heavy atom. The summed E-state index contributed by atoms with van der Waals surface area (Å²) in [4.78, 5) is 16.1. The number of para-hydroxylation sites is 1. The van der Waals surface area contributed by atoms with Gasteiger partial charge in [-0.15, -0.1) is 10.2 Å². The van der Waals surface area contributed by atoms with Crippen molar-refractivity contribution in [2.75, 3.05) is 0 Å². The third kappa shape index (κ3) is 2.65. The predicted molar refractivity (Wildman–Crippen MR) is 95.6 cm³/mol. The highest BCUT2D eigenvalue weighted by Crippen LogP contribution is 2.40. The molecule has 1 aliphatic carbocycles. The number of fused-ring (bicyclic) bond motifs is 1. The van der Waals surface area contributed by atoms with Crippen molar-refractivity contribution in [1.29, 1.82) is 0 Å². The SMILES string of the molecule is CCn1c(S[C@H](C)C(=O)c2c[nH]c3ccccc23)nnc1C1CC1. The number of carbonyl (C=O) groups excluding carboxylic acids is 1. The number of Topliss-reactive ketones (excluding diaryl/α,β-unsaturated/α-hetero) is 1. The van der Waals surface area contributed by atoms with Crippen LogP contribution in [0, 0.1) is 0 Å². The Morgan fingerprint density at radius 2 is 2.17 bits per heavy atom. The summed E-state index contributed by atoms with van der Waals surface area (Å²) in [6, 6.07) is 7.89. The molecule has 1 fully saturated rings. The standard InChI is InChI=1S/C18H20N4OS/c1-3-22-17(12-8-9-12)20-21-18(22)24-11(2)16(23)14-10-19-15-7-5-4-6-13(14)15/h4-7,10-12,19H,3,8-9H2,1-2H3/t11-/m1/s1. The van der Waals surface area contributed by atoms with Crippen LogP contribution in [-0.4, -0.2) is 30.8 Å². The quantitative estimate of drug-likeness (QED) is 0.544. The van der Waals surface area contributed by atoms with Crippen molar-refractivity contribution >= 4 is 28.4 Å². The highest BCUT2D eigenvalue weighted by molar-refractivity contribution is 8.00. The summed E-state index contributed by atoms with van der Waals surface area (Å²) in [6.45, 7) is 4.89. The van der Waals surface area contributed by atoms with Crippen LogP contribution in [0.1, 0.15) is 48.8 Å². The average Bonchev–Trinajstić information content (AvgIpc) is 3.23. The van der Waals surface area contributed by atoms with Gasteiger partial charge in [0.25, 0.3) is 0 Å². The Kier molecular flexibility index (Phi) is 3.92. The zero-order valence-corrected chi connectivity index (χ0v) is 14.6. The van der Waals surface area contributed by atoms with Crippen molar-refractivity contribution in [1.82, 2.24) is 19.7 Å². The molecule has 2 aromatic heterocycles.